The lowest BCUT2D eigenvalue weighted by Crippen LogP contribution is -2.52. The number of pyridine rings is 1. The molecule has 2 aromatic rings. The number of ether oxygens (including phenoxy) is 2. The topological polar surface area (TPSA) is 80.8 Å². The van der Waals surface area contributed by atoms with Crippen molar-refractivity contribution in [2.45, 2.75) is 18.9 Å². The van der Waals surface area contributed by atoms with Crippen molar-refractivity contribution in [2.24, 2.45) is 17.8 Å². The maximum absolute atomic E-state index is 12.4. The third-order valence-corrected chi connectivity index (χ3v) is 7.17. The van der Waals surface area contributed by atoms with Crippen molar-refractivity contribution >= 4 is 33.4 Å². The summed E-state index contributed by atoms with van der Waals surface area (Å²) in [6, 6.07) is 3.84. The fourth-order valence-electron chi connectivity index (χ4n) is 4.39. The lowest BCUT2D eigenvalue weighted by atomic mass is 10.1. The third-order valence-electron chi connectivity index (χ3n) is 6.09. The largest absolute Gasteiger partial charge is 0.438 e. The standard InChI is InChI=1S/C20H23N3O4S/c1-20(10-26-11-20)27-19(25)23-8-14-13(15(14)9-23)3-5-22-18(24)16-6-12-2-4-21-7-17(12)28-16/h2,4,6-7,13-15H,3,5,8-11H2,1H3,(H,22,24)/t13?,14-,15+. The van der Waals surface area contributed by atoms with Gasteiger partial charge in [-0.1, -0.05) is 0 Å². The van der Waals surface area contributed by atoms with Crippen molar-refractivity contribution in [2.75, 3.05) is 32.8 Å². The molecular formula is C20H23N3O4S. The van der Waals surface area contributed by atoms with E-state index in [2.05, 4.69) is 10.3 Å². The quantitative estimate of drug-likeness (QED) is 0.833. The molecule has 4 heterocycles. The van der Waals surface area contributed by atoms with E-state index in [1.165, 1.54) is 11.3 Å². The van der Waals surface area contributed by atoms with Gasteiger partial charge in [0, 0.05) is 32.0 Å². The molecule has 3 aliphatic rings. The van der Waals surface area contributed by atoms with Crippen LogP contribution in [0.1, 0.15) is 23.0 Å². The Morgan fingerprint density at radius 2 is 2.18 bits per heavy atom. The van der Waals surface area contributed by atoms with Crippen LogP contribution in [0.15, 0.2) is 24.5 Å². The summed E-state index contributed by atoms with van der Waals surface area (Å²) < 4.78 is 11.7. The average Bonchev–Trinajstić information content (AvgIpc) is 3.05. The van der Waals surface area contributed by atoms with Gasteiger partial charge in [0.05, 0.1) is 22.8 Å². The first-order valence-corrected chi connectivity index (χ1v) is 10.5. The Kier molecular flexibility index (Phi) is 4.28. The zero-order valence-corrected chi connectivity index (χ0v) is 16.5. The first kappa shape index (κ1) is 17.9. The van der Waals surface area contributed by atoms with E-state index in [0.29, 0.717) is 37.5 Å². The van der Waals surface area contributed by atoms with Crippen molar-refractivity contribution in [3.63, 3.8) is 0 Å². The second kappa shape index (κ2) is 6.70. The first-order chi connectivity index (χ1) is 13.5. The Balaban J connectivity index is 1.06. The van der Waals surface area contributed by atoms with E-state index in [0.717, 1.165) is 34.5 Å². The molecule has 1 aliphatic carbocycles. The number of amides is 2. The predicted octanol–water partition coefficient (Wildman–Crippen LogP) is 2.52. The SMILES string of the molecule is CC1(OC(=O)N2C[C@@H]3C(CCNC(=O)c4cc5ccncc5s4)[C@@H]3C2)COC1. The first-order valence-electron chi connectivity index (χ1n) is 9.70. The Morgan fingerprint density at radius 3 is 2.86 bits per heavy atom. The number of aromatic nitrogens is 1. The second-order valence-corrected chi connectivity index (χ2v) is 9.36. The van der Waals surface area contributed by atoms with Crippen LogP contribution >= 0.6 is 11.3 Å². The number of thiophene rings is 1. The van der Waals surface area contributed by atoms with Crippen LogP contribution in [0.4, 0.5) is 4.79 Å². The van der Waals surface area contributed by atoms with Crippen LogP contribution in [0.5, 0.6) is 0 Å². The molecule has 5 rings (SSSR count). The molecular weight excluding hydrogens is 378 g/mol. The number of piperidine rings is 1. The van der Waals surface area contributed by atoms with Crippen LogP contribution in [0.3, 0.4) is 0 Å². The second-order valence-electron chi connectivity index (χ2n) is 8.28. The fraction of sp³-hybridized carbons (Fsp3) is 0.550. The summed E-state index contributed by atoms with van der Waals surface area (Å²) in [5.74, 6) is 1.67. The van der Waals surface area contributed by atoms with Crippen molar-refractivity contribution in [1.29, 1.82) is 0 Å². The zero-order chi connectivity index (χ0) is 19.3. The third kappa shape index (κ3) is 3.24. The zero-order valence-electron chi connectivity index (χ0n) is 15.7. The number of hydrogen-bond acceptors (Lipinski definition) is 6. The Bertz CT molecular complexity index is 880. The highest BCUT2D eigenvalue weighted by molar-refractivity contribution is 7.20. The minimum atomic E-state index is -0.448. The summed E-state index contributed by atoms with van der Waals surface area (Å²) in [7, 11) is 0. The smallest absolute Gasteiger partial charge is 0.410 e. The van der Waals surface area contributed by atoms with E-state index < -0.39 is 5.60 Å². The Labute approximate surface area is 167 Å². The molecule has 8 heteroatoms. The van der Waals surface area contributed by atoms with Gasteiger partial charge in [0.1, 0.15) is 0 Å². The van der Waals surface area contributed by atoms with E-state index in [4.69, 9.17) is 9.47 Å². The molecule has 2 aromatic heterocycles. The molecule has 1 N–H and O–H groups in total. The molecule has 0 aromatic carbocycles. The fourth-order valence-corrected chi connectivity index (χ4v) is 5.33. The molecule has 1 unspecified atom stereocenters. The molecule has 2 aliphatic heterocycles. The van der Waals surface area contributed by atoms with Gasteiger partial charge >= 0.3 is 6.09 Å². The molecule has 0 spiro atoms. The van der Waals surface area contributed by atoms with Gasteiger partial charge in [-0.2, -0.15) is 0 Å². The van der Waals surface area contributed by atoms with E-state index in [1.54, 1.807) is 12.4 Å². The summed E-state index contributed by atoms with van der Waals surface area (Å²) in [6.45, 7) is 5.08. The van der Waals surface area contributed by atoms with Gasteiger partial charge in [-0.3, -0.25) is 9.78 Å². The van der Waals surface area contributed by atoms with Crippen LogP contribution in [-0.4, -0.2) is 60.3 Å². The van der Waals surface area contributed by atoms with E-state index in [-0.39, 0.29) is 12.0 Å². The number of fused-ring (bicyclic) bond motifs is 2. The van der Waals surface area contributed by atoms with E-state index in [1.807, 2.05) is 24.0 Å². The molecule has 2 amide bonds. The average molecular weight is 401 g/mol. The molecule has 0 bridgehead atoms. The number of carbonyl (C=O) groups excluding carboxylic acids is 2. The van der Waals surface area contributed by atoms with Crippen LogP contribution in [-0.2, 0) is 9.47 Å². The van der Waals surface area contributed by atoms with Gasteiger partial charge in [0.15, 0.2) is 5.60 Å². The van der Waals surface area contributed by atoms with Gasteiger partial charge < -0.3 is 19.7 Å². The lowest BCUT2D eigenvalue weighted by molar-refractivity contribution is -0.171. The maximum atomic E-state index is 12.4. The van der Waals surface area contributed by atoms with E-state index in [9.17, 15) is 9.59 Å². The molecule has 148 valence electrons. The minimum Gasteiger partial charge on any atom is -0.438 e. The highest BCUT2D eigenvalue weighted by atomic mass is 32.1. The minimum absolute atomic E-state index is 0.0202. The monoisotopic (exact) mass is 401 g/mol. The number of rotatable bonds is 5. The summed E-state index contributed by atoms with van der Waals surface area (Å²) >= 11 is 1.47. The van der Waals surface area contributed by atoms with Crippen LogP contribution in [0.2, 0.25) is 0 Å². The molecule has 3 atom stereocenters. The van der Waals surface area contributed by atoms with E-state index >= 15 is 0 Å². The van der Waals surface area contributed by atoms with Crippen LogP contribution in [0.25, 0.3) is 10.1 Å². The number of nitrogens with zero attached hydrogens (tertiary/aromatic N) is 2. The van der Waals surface area contributed by atoms with Gasteiger partial charge in [-0.05, 0) is 48.6 Å². The summed E-state index contributed by atoms with van der Waals surface area (Å²) in [5.41, 5.74) is -0.448. The number of nitrogens with one attached hydrogen (secondary N) is 1. The maximum Gasteiger partial charge on any atom is 0.410 e. The van der Waals surface area contributed by atoms with Crippen molar-refractivity contribution in [3.8, 4) is 0 Å². The number of likely N-dealkylation sites (tertiary alicyclic amines) is 1. The highest BCUT2D eigenvalue weighted by Crippen LogP contribution is 2.53. The Morgan fingerprint density at radius 1 is 1.39 bits per heavy atom. The normalized spacial score (nSPS) is 27.2. The highest BCUT2D eigenvalue weighted by Gasteiger charge is 2.56. The summed E-state index contributed by atoms with van der Waals surface area (Å²) in [4.78, 5) is 31.3. The van der Waals surface area contributed by atoms with Crippen LogP contribution in [0, 0.1) is 17.8 Å². The predicted molar refractivity (Wildman–Crippen MR) is 104 cm³/mol. The molecule has 2 saturated heterocycles. The summed E-state index contributed by atoms with van der Waals surface area (Å²) in [6.07, 6.45) is 4.27. The van der Waals surface area contributed by atoms with Gasteiger partial charge in [-0.25, -0.2) is 4.79 Å². The summed E-state index contributed by atoms with van der Waals surface area (Å²) in [5, 5.41) is 4.08. The number of carbonyl (C=O) groups is 2. The molecule has 1 saturated carbocycles. The van der Waals surface area contributed by atoms with Crippen molar-refractivity contribution in [1.82, 2.24) is 15.2 Å². The van der Waals surface area contributed by atoms with Crippen molar-refractivity contribution in [3.05, 3.63) is 29.4 Å². The number of hydrogen-bond donors (Lipinski definition) is 1. The van der Waals surface area contributed by atoms with Crippen molar-refractivity contribution < 1.29 is 19.1 Å². The van der Waals surface area contributed by atoms with Gasteiger partial charge in [-0.15, -0.1) is 11.3 Å². The van der Waals surface area contributed by atoms with Gasteiger partial charge in [0.2, 0.25) is 0 Å². The Hall–Kier alpha value is -2.19. The van der Waals surface area contributed by atoms with Gasteiger partial charge in [0.25, 0.3) is 5.91 Å². The molecule has 3 fully saturated rings. The molecule has 0 radical (unpaired) electrons. The molecule has 28 heavy (non-hydrogen) atoms. The van der Waals surface area contributed by atoms with Crippen LogP contribution < -0.4 is 5.32 Å². The lowest BCUT2D eigenvalue weighted by Gasteiger charge is -2.38. The molecule has 7 nitrogen and oxygen atoms in total.